The van der Waals surface area contributed by atoms with Gasteiger partial charge in [0, 0.05) is 49.7 Å². The molecule has 3 aromatic rings. The van der Waals surface area contributed by atoms with Gasteiger partial charge < -0.3 is 14.5 Å². The van der Waals surface area contributed by atoms with Gasteiger partial charge in [-0.15, -0.1) is 0 Å². The number of carbonyl (C=O) groups is 1. The number of aryl methyl sites for hydroxylation is 1. The van der Waals surface area contributed by atoms with E-state index < -0.39 is 0 Å². The van der Waals surface area contributed by atoms with Crippen LogP contribution in [0.3, 0.4) is 0 Å². The third-order valence-electron chi connectivity index (χ3n) is 5.69. The van der Waals surface area contributed by atoms with Gasteiger partial charge in [-0.3, -0.25) is 4.79 Å². The predicted octanol–water partition coefficient (Wildman–Crippen LogP) is 4.24. The molecule has 0 spiro atoms. The zero-order valence-corrected chi connectivity index (χ0v) is 17.5. The van der Waals surface area contributed by atoms with Crippen LogP contribution in [0.2, 0.25) is 0 Å². The Hall–Kier alpha value is -3.34. The van der Waals surface area contributed by atoms with Gasteiger partial charge in [-0.1, -0.05) is 42.5 Å². The van der Waals surface area contributed by atoms with Crippen molar-refractivity contribution in [2.75, 3.05) is 31.1 Å². The Kier molecular flexibility index (Phi) is 5.98. The second kappa shape index (κ2) is 8.99. The molecule has 1 aliphatic rings. The summed E-state index contributed by atoms with van der Waals surface area (Å²) in [5, 5.41) is 0. The van der Waals surface area contributed by atoms with Crippen molar-refractivity contribution in [2.24, 2.45) is 0 Å². The van der Waals surface area contributed by atoms with Crippen LogP contribution in [0.1, 0.15) is 27.0 Å². The summed E-state index contributed by atoms with van der Waals surface area (Å²) in [6.07, 6.45) is 1.64. The zero-order chi connectivity index (χ0) is 20.9. The van der Waals surface area contributed by atoms with Crippen LogP contribution < -0.4 is 9.64 Å². The van der Waals surface area contributed by atoms with Crippen LogP contribution in [0.4, 0.5) is 5.69 Å². The summed E-state index contributed by atoms with van der Waals surface area (Å²) in [7, 11) is 0. The first-order chi connectivity index (χ1) is 14.6. The molecule has 0 N–H and O–H groups in total. The Balaban J connectivity index is 1.38. The van der Waals surface area contributed by atoms with Gasteiger partial charge in [-0.25, -0.2) is 4.98 Å². The summed E-state index contributed by atoms with van der Waals surface area (Å²) in [5.74, 6) is 0.501. The largest absolute Gasteiger partial charge is 0.473 e. The Bertz CT molecular complexity index is 1010. The van der Waals surface area contributed by atoms with Crippen LogP contribution in [-0.2, 0) is 6.61 Å². The first-order valence-corrected chi connectivity index (χ1v) is 10.3. The van der Waals surface area contributed by atoms with Crippen molar-refractivity contribution in [3.63, 3.8) is 0 Å². The molecule has 0 bridgehead atoms. The minimum atomic E-state index is 0.0302. The van der Waals surface area contributed by atoms with Crippen LogP contribution in [0, 0.1) is 13.8 Å². The van der Waals surface area contributed by atoms with E-state index in [1.165, 1.54) is 16.8 Å². The fourth-order valence-electron chi connectivity index (χ4n) is 3.76. The molecule has 0 saturated carbocycles. The highest BCUT2D eigenvalue weighted by Gasteiger charge is 2.23. The molecule has 154 valence electrons. The van der Waals surface area contributed by atoms with Gasteiger partial charge in [0.1, 0.15) is 6.61 Å². The molecule has 4 rings (SSSR count). The van der Waals surface area contributed by atoms with E-state index in [0.717, 1.165) is 18.7 Å². The average molecular weight is 402 g/mol. The highest BCUT2D eigenvalue weighted by atomic mass is 16.5. The molecule has 0 atom stereocenters. The van der Waals surface area contributed by atoms with E-state index in [-0.39, 0.29) is 5.91 Å². The van der Waals surface area contributed by atoms with E-state index in [1.807, 2.05) is 35.2 Å². The lowest BCUT2D eigenvalue weighted by Crippen LogP contribution is -2.49. The molecular formula is C25H27N3O2. The molecular weight excluding hydrogens is 374 g/mol. The molecule has 1 aliphatic heterocycles. The highest BCUT2D eigenvalue weighted by Crippen LogP contribution is 2.24. The van der Waals surface area contributed by atoms with Crippen molar-refractivity contribution in [2.45, 2.75) is 20.5 Å². The zero-order valence-electron chi connectivity index (χ0n) is 17.5. The van der Waals surface area contributed by atoms with Gasteiger partial charge >= 0.3 is 0 Å². The maximum Gasteiger partial charge on any atom is 0.254 e. The second-order valence-electron chi connectivity index (χ2n) is 7.66. The van der Waals surface area contributed by atoms with E-state index in [4.69, 9.17) is 4.74 Å². The number of pyridine rings is 1. The predicted molar refractivity (Wildman–Crippen MR) is 119 cm³/mol. The third-order valence-corrected chi connectivity index (χ3v) is 5.69. The fraction of sp³-hybridized carbons (Fsp3) is 0.280. The number of carbonyl (C=O) groups excluding carboxylic acids is 1. The van der Waals surface area contributed by atoms with Crippen molar-refractivity contribution in [1.82, 2.24) is 9.88 Å². The topological polar surface area (TPSA) is 45.7 Å². The molecule has 1 saturated heterocycles. The molecule has 30 heavy (non-hydrogen) atoms. The highest BCUT2D eigenvalue weighted by molar-refractivity contribution is 5.94. The van der Waals surface area contributed by atoms with Crippen molar-refractivity contribution in [3.05, 3.63) is 89.1 Å². The summed E-state index contributed by atoms with van der Waals surface area (Å²) < 4.78 is 5.78. The SMILES string of the molecule is Cc1cccc(N2CCN(C(=O)c3ccnc(OCc4ccccc4)c3)CC2)c1C. The molecule has 0 unspecified atom stereocenters. The molecule has 5 heteroatoms. The van der Waals surface area contributed by atoms with Crippen LogP contribution in [0.15, 0.2) is 66.9 Å². The van der Waals surface area contributed by atoms with E-state index in [1.54, 1.807) is 18.3 Å². The van der Waals surface area contributed by atoms with Gasteiger partial charge in [-0.2, -0.15) is 0 Å². The van der Waals surface area contributed by atoms with Gasteiger partial charge in [0.15, 0.2) is 0 Å². The molecule has 1 aromatic heterocycles. The summed E-state index contributed by atoms with van der Waals surface area (Å²) >= 11 is 0. The van der Waals surface area contributed by atoms with E-state index in [0.29, 0.717) is 31.1 Å². The molecule has 2 heterocycles. The van der Waals surface area contributed by atoms with Gasteiger partial charge in [0.05, 0.1) is 0 Å². The normalized spacial score (nSPS) is 13.9. The average Bonchev–Trinajstić information content (AvgIpc) is 2.80. The lowest BCUT2D eigenvalue weighted by molar-refractivity contribution is 0.0746. The number of hydrogen-bond acceptors (Lipinski definition) is 4. The minimum Gasteiger partial charge on any atom is -0.473 e. The quantitative estimate of drug-likeness (QED) is 0.642. The maximum absolute atomic E-state index is 13.0. The van der Waals surface area contributed by atoms with Crippen molar-refractivity contribution < 1.29 is 9.53 Å². The number of nitrogens with zero attached hydrogens (tertiary/aromatic N) is 3. The van der Waals surface area contributed by atoms with Crippen LogP contribution >= 0.6 is 0 Å². The van der Waals surface area contributed by atoms with E-state index in [2.05, 4.69) is 41.9 Å². The van der Waals surface area contributed by atoms with Gasteiger partial charge in [-0.05, 0) is 42.7 Å². The molecule has 2 aromatic carbocycles. The Labute approximate surface area is 177 Å². The van der Waals surface area contributed by atoms with Crippen molar-refractivity contribution >= 4 is 11.6 Å². The van der Waals surface area contributed by atoms with Gasteiger partial charge in [0.25, 0.3) is 5.91 Å². The second-order valence-corrected chi connectivity index (χ2v) is 7.66. The molecule has 0 radical (unpaired) electrons. The number of anilines is 1. The number of ether oxygens (including phenoxy) is 1. The van der Waals surface area contributed by atoms with E-state index >= 15 is 0 Å². The molecule has 0 aliphatic carbocycles. The van der Waals surface area contributed by atoms with Gasteiger partial charge in [0.2, 0.25) is 5.88 Å². The van der Waals surface area contributed by atoms with Crippen molar-refractivity contribution in [3.8, 4) is 5.88 Å². The minimum absolute atomic E-state index is 0.0302. The number of rotatable bonds is 5. The van der Waals surface area contributed by atoms with E-state index in [9.17, 15) is 4.79 Å². The number of aromatic nitrogens is 1. The number of benzene rings is 2. The summed E-state index contributed by atoms with van der Waals surface area (Å²) in [4.78, 5) is 21.5. The Morgan fingerprint density at radius 3 is 2.50 bits per heavy atom. The first kappa shape index (κ1) is 20.0. The lowest BCUT2D eigenvalue weighted by Gasteiger charge is -2.37. The van der Waals surface area contributed by atoms with Crippen LogP contribution in [0.5, 0.6) is 5.88 Å². The maximum atomic E-state index is 13.0. The van der Waals surface area contributed by atoms with Crippen LogP contribution in [-0.4, -0.2) is 42.0 Å². The Morgan fingerprint density at radius 2 is 1.73 bits per heavy atom. The number of piperazine rings is 1. The molecule has 5 nitrogen and oxygen atoms in total. The smallest absolute Gasteiger partial charge is 0.254 e. The number of amides is 1. The first-order valence-electron chi connectivity index (χ1n) is 10.3. The lowest BCUT2D eigenvalue weighted by atomic mass is 10.1. The molecule has 1 fully saturated rings. The Morgan fingerprint density at radius 1 is 0.967 bits per heavy atom. The fourth-order valence-corrected chi connectivity index (χ4v) is 3.76. The third kappa shape index (κ3) is 4.46. The monoisotopic (exact) mass is 401 g/mol. The standard InChI is InChI=1S/C25H27N3O2/c1-19-7-6-10-23(20(19)2)27-13-15-28(16-14-27)25(29)22-11-12-26-24(17-22)30-18-21-8-4-3-5-9-21/h3-12,17H,13-16,18H2,1-2H3. The molecule has 1 amide bonds. The summed E-state index contributed by atoms with van der Waals surface area (Å²) in [5.41, 5.74) is 5.56. The summed E-state index contributed by atoms with van der Waals surface area (Å²) in [6, 6.07) is 19.8. The number of hydrogen-bond donors (Lipinski definition) is 0. The summed E-state index contributed by atoms with van der Waals surface area (Å²) in [6.45, 7) is 7.80. The van der Waals surface area contributed by atoms with Crippen molar-refractivity contribution in [1.29, 1.82) is 0 Å². The van der Waals surface area contributed by atoms with Crippen LogP contribution in [0.25, 0.3) is 0 Å².